The molecule has 0 saturated heterocycles. The third-order valence-corrected chi connectivity index (χ3v) is 5.44. The number of fused-ring (bicyclic) bond motifs is 1. The van der Waals surface area contributed by atoms with Gasteiger partial charge >= 0.3 is 0 Å². The standard InChI is InChI=1S/C24H24ClFN4O2/c1-3-32-15-20-23(17-4-8-18(25)9-5-17)24-27-22(29(2)12-13-31)14-21(30(24)28-20)16-6-10-19(26)11-7-16/h4-11,14,31H,3,12-13,15H2,1-2H3. The molecular weight excluding hydrogens is 431 g/mol. The fraction of sp³-hybridized carbons (Fsp3) is 0.250. The van der Waals surface area contributed by atoms with Gasteiger partial charge < -0.3 is 14.7 Å². The van der Waals surface area contributed by atoms with Crippen LogP contribution in [0.1, 0.15) is 12.6 Å². The number of aliphatic hydroxyl groups is 1. The molecule has 32 heavy (non-hydrogen) atoms. The van der Waals surface area contributed by atoms with Gasteiger partial charge in [0.05, 0.1) is 30.2 Å². The number of hydrogen-bond donors (Lipinski definition) is 1. The number of hydrogen-bond acceptors (Lipinski definition) is 5. The molecular formula is C24H24ClFN4O2. The Labute approximate surface area is 190 Å². The molecule has 0 unspecified atom stereocenters. The van der Waals surface area contributed by atoms with Gasteiger partial charge in [0.25, 0.3) is 0 Å². The summed E-state index contributed by atoms with van der Waals surface area (Å²) in [5.74, 6) is 0.361. The first kappa shape index (κ1) is 22.2. The number of likely N-dealkylation sites (N-methyl/N-ethyl adjacent to an activating group) is 1. The highest BCUT2D eigenvalue weighted by Gasteiger charge is 2.21. The summed E-state index contributed by atoms with van der Waals surface area (Å²) in [6.45, 7) is 3.22. The summed E-state index contributed by atoms with van der Waals surface area (Å²) in [6, 6.07) is 15.7. The summed E-state index contributed by atoms with van der Waals surface area (Å²) in [6.07, 6.45) is 0. The Morgan fingerprint density at radius 3 is 2.44 bits per heavy atom. The second-order valence-electron chi connectivity index (χ2n) is 7.35. The molecule has 6 nitrogen and oxygen atoms in total. The van der Waals surface area contributed by atoms with Crippen molar-refractivity contribution in [2.75, 3.05) is 31.7 Å². The van der Waals surface area contributed by atoms with Crippen molar-refractivity contribution in [1.82, 2.24) is 14.6 Å². The summed E-state index contributed by atoms with van der Waals surface area (Å²) in [5, 5.41) is 14.9. The van der Waals surface area contributed by atoms with Crippen molar-refractivity contribution in [2.45, 2.75) is 13.5 Å². The zero-order valence-corrected chi connectivity index (χ0v) is 18.7. The third-order valence-electron chi connectivity index (χ3n) is 5.19. The Morgan fingerprint density at radius 2 is 1.78 bits per heavy atom. The Bertz CT molecular complexity index is 1210. The molecule has 0 radical (unpaired) electrons. The van der Waals surface area contributed by atoms with E-state index in [9.17, 15) is 9.50 Å². The molecule has 0 bridgehead atoms. The van der Waals surface area contributed by atoms with Crippen LogP contribution in [0.4, 0.5) is 10.2 Å². The minimum atomic E-state index is -0.309. The van der Waals surface area contributed by atoms with E-state index in [4.69, 9.17) is 26.4 Å². The fourth-order valence-corrected chi connectivity index (χ4v) is 3.67. The van der Waals surface area contributed by atoms with Crippen LogP contribution in [0.25, 0.3) is 28.0 Å². The molecule has 0 fully saturated rings. The molecule has 8 heteroatoms. The van der Waals surface area contributed by atoms with Gasteiger partial charge in [0.2, 0.25) is 0 Å². The van der Waals surface area contributed by atoms with Crippen molar-refractivity contribution < 1.29 is 14.2 Å². The Hall–Kier alpha value is -3.00. The number of benzene rings is 2. The van der Waals surface area contributed by atoms with E-state index < -0.39 is 0 Å². The van der Waals surface area contributed by atoms with Gasteiger partial charge in [0, 0.05) is 36.9 Å². The van der Waals surface area contributed by atoms with Crippen LogP contribution in [0, 0.1) is 5.82 Å². The highest BCUT2D eigenvalue weighted by molar-refractivity contribution is 6.30. The van der Waals surface area contributed by atoms with E-state index in [1.165, 1.54) is 12.1 Å². The predicted octanol–water partition coefficient (Wildman–Crippen LogP) is 4.82. The van der Waals surface area contributed by atoms with Crippen molar-refractivity contribution in [3.63, 3.8) is 0 Å². The maximum Gasteiger partial charge on any atom is 0.166 e. The van der Waals surface area contributed by atoms with Gasteiger partial charge in [-0.3, -0.25) is 0 Å². The van der Waals surface area contributed by atoms with E-state index in [0.717, 1.165) is 28.1 Å². The van der Waals surface area contributed by atoms with Gasteiger partial charge in [0.15, 0.2) is 5.65 Å². The topological polar surface area (TPSA) is 62.9 Å². The first-order valence-corrected chi connectivity index (χ1v) is 10.7. The van der Waals surface area contributed by atoms with E-state index in [2.05, 4.69) is 0 Å². The van der Waals surface area contributed by atoms with Gasteiger partial charge in [-0.2, -0.15) is 5.10 Å². The minimum Gasteiger partial charge on any atom is -0.395 e. The van der Waals surface area contributed by atoms with Crippen molar-refractivity contribution in [1.29, 1.82) is 0 Å². The second kappa shape index (κ2) is 9.65. The smallest absolute Gasteiger partial charge is 0.166 e. The monoisotopic (exact) mass is 454 g/mol. The summed E-state index contributed by atoms with van der Waals surface area (Å²) >= 11 is 6.11. The van der Waals surface area contributed by atoms with Gasteiger partial charge in [-0.1, -0.05) is 23.7 Å². The van der Waals surface area contributed by atoms with Crippen LogP contribution in [-0.4, -0.2) is 46.5 Å². The Morgan fingerprint density at radius 1 is 1.09 bits per heavy atom. The molecule has 166 valence electrons. The lowest BCUT2D eigenvalue weighted by molar-refractivity contribution is 0.131. The van der Waals surface area contributed by atoms with E-state index in [1.54, 1.807) is 16.6 Å². The maximum atomic E-state index is 13.6. The minimum absolute atomic E-state index is 0.00582. The molecule has 0 aliphatic carbocycles. The predicted molar refractivity (Wildman–Crippen MR) is 125 cm³/mol. The normalized spacial score (nSPS) is 11.3. The van der Waals surface area contributed by atoms with Gasteiger partial charge in [-0.15, -0.1) is 0 Å². The SMILES string of the molecule is CCOCc1nn2c(-c3ccc(F)cc3)cc(N(C)CCO)nc2c1-c1ccc(Cl)cc1. The van der Waals surface area contributed by atoms with Crippen molar-refractivity contribution in [2.24, 2.45) is 0 Å². The molecule has 4 rings (SSSR count). The summed E-state index contributed by atoms with van der Waals surface area (Å²) in [5.41, 5.74) is 4.70. The number of nitrogens with zero attached hydrogens (tertiary/aromatic N) is 4. The lowest BCUT2D eigenvalue weighted by Crippen LogP contribution is -2.22. The fourth-order valence-electron chi connectivity index (χ4n) is 3.55. The van der Waals surface area contributed by atoms with Crippen molar-refractivity contribution in [3.8, 4) is 22.4 Å². The Kier molecular flexibility index (Phi) is 6.69. The van der Waals surface area contributed by atoms with E-state index in [-0.39, 0.29) is 12.4 Å². The first-order chi connectivity index (χ1) is 15.5. The molecule has 0 saturated carbocycles. The molecule has 4 aromatic rings. The highest BCUT2D eigenvalue weighted by Crippen LogP contribution is 2.34. The van der Waals surface area contributed by atoms with E-state index in [1.807, 2.05) is 49.2 Å². The molecule has 0 amide bonds. The second-order valence-corrected chi connectivity index (χ2v) is 7.79. The summed E-state index contributed by atoms with van der Waals surface area (Å²) in [4.78, 5) is 6.75. The quantitative estimate of drug-likeness (QED) is 0.413. The van der Waals surface area contributed by atoms with Crippen LogP contribution in [-0.2, 0) is 11.3 Å². The van der Waals surface area contributed by atoms with E-state index >= 15 is 0 Å². The lowest BCUT2D eigenvalue weighted by Gasteiger charge is -2.18. The number of aliphatic hydroxyl groups excluding tert-OH is 1. The van der Waals surface area contributed by atoms with Gasteiger partial charge in [0.1, 0.15) is 11.6 Å². The Balaban J connectivity index is 2.01. The van der Waals surface area contributed by atoms with Gasteiger partial charge in [-0.25, -0.2) is 13.9 Å². The molecule has 0 aliphatic rings. The van der Waals surface area contributed by atoms with Crippen LogP contribution in [0.3, 0.4) is 0 Å². The highest BCUT2D eigenvalue weighted by atomic mass is 35.5. The van der Waals surface area contributed by atoms with Crippen LogP contribution < -0.4 is 4.90 Å². The summed E-state index contributed by atoms with van der Waals surface area (Å²) in [7, 11) is 1.86. The summed E-state index contributed by atoms with van der Waals surface area (Å²) < 4.78 is 21.0. The van der Waals surface area contributed by atoms with Crippen LogP contribution in [0.5, 0.6) is 0 Å². The van der Waals surface area contributed by atoms with Crippen LogP contribution in [0.2, 0.25) is 5.02 Å². The maximum absolute atomic E-state index is 13.6. The molecule has 0 spiro atoms. The molecule has 2 aromatic heterocycles. The lowest BCUT2D eigenvalue weighted by atomic mass is 10.1. The van der Waals surface area contributed by atoms with Crippen LogP contribution in [0.15, 0.2) is 54.6 Å². The first-order valence-electron chi connectivity index (χ1n) is 10.4. The third kappa shape index (κ3) is 4.46. The number of anilines is 1. The number of aromatic nitrogens is 3. The zero-order chi connectivity index (χ0) is 22.7. The molecule has 0 aliphatic heterocycles. The average Bonchev–Trinajstić information content (AvgIpc) is 3.16. The number of halogens is 2. The number of ether oxygens (including phenoxy) is 1. The van der Waals surface area contributed by atoms with Crippen LogP contribution >= 0.6 is 11.6 Å². The van der Waals surface area contributed by atoms with Crippen molar-refractivity contribution in [3.05, 3.63) is 71.1 Å². The molecule has 0 atom stereocenters. The largest absolute Gasteiger partial charge is 0.395 e. The molecule has 2 aromatic carbocycles. The number of rotatable bonds is 8. The zero-order valence-electron chi connectivity index (χ0n) is 17.9. The van der Waals surface area contributed by atoms with Crippen molar-refractivity contribution >= 4 is 23.1 Å². The van der Waals surface area contributed by atoms with Gasteiger partial charge in [-0.05, 0) is 48.9 Å². The van der Waals surface area contributed by atoms with E-state index in [0.29, 0.717) is 36.2 Å². The molecule has 1 N–H and O–H groups in total. The average molecular weight is 455 g/mol. The molecule has 2 heterocycles.